The largest absolute Gasteiger partial charge is 0.458 e. The minimum atomic E-state index is -0.696. The van der Waals surface area contributed by atoms with E-state index >= 15 is 0 Å². The average molecular weight is 475 g/mol. The Hall–Kier alpha value is -2.35. The molecule has 0 bridgehead atoms. The number of thiophene rings is 1. The third-order valence-corrected chi connectivity index (χ3v) is 6.68. The van der Waals surface area contributed by atoms with E-state index in [2.05, 4.69) is 22.4 Å². The lowest BCUT2D eigenvalue weighted by Crippen LogP contribution is -2.40. The molecule has 0 fully saturated rings. The Kier molecular flexibility index (Phi) is 6.34. The maximum absolute atomic E-state index is 13.0. The fourth-order valence-corrected chi connectivity index (χ4v) is 5.12. The molecular weight excluding hydrogens is 448 g/mol. The van der Waals surface area contributed by atoms with Crippen LogP contribution < -0.4 is 5.32 Å². The van der Waals surface area contributed by atoms with Gasteiger partial charge >= 0.3 is 5.97 Å². The number of esters is 1. The van der Waals surface area contributed by atoms with E-state index in [0.29, 0.717) is 23.1 Å². The number of carbonyl (C=O) groups excluding carboxylic acids is 2. The van der Waals surface area contributed by atoms with Gasteiger partial charge in [-0.1, -0.05) is 35.9 Å². The highest BCUT2D eigenvalue weighted by atomic mass is 35.5. The Morgan fingerprint density at radius 1 is 1.28 bits per heavy atom. The van der Waals surface area contributed by atoms with E-state index in [9.17, 15) is 9.59 Å². The Labute approximate surface area is 196 Å². The van der Waals surface area contributed by atoms with Gasteiger partial charge in [0.05, 0.1) is 10.9 Å². The number of hydrogen-bond donors (Lipinski definition) is 2. The van der Waals surface area contributed by atoms with Crippen LogP contribution in [0.25, 0.3) is 10.2 Å². The number of aromatic amines is 1. The van der Waals surface area contributed by atoms with Crippen LogP contribution in [0.4, 0.5) is 0 Å². The molecule has 0 spiro atoms. The van der Waals surface area contributed by atoms with Gasteiger partial charge < -0.3 is 19.8 Å². The van der Waals surface area contributed by atoms with Gasteiger partial charge in [0.1, 0.15) is 16.1 Å². The van der Waals surface area contributed by atoms with Crippen molar-refractivity contribution in [2.75, 3.05) is 6.61 Å². The molecule has 0 aliphatic heterocycles. The molecule has 0 saturated carbocycles. The zero-order valence-corrected chi connectivity index (χ0v) is 20.1. The summed E-state index contributed by atoms with van der Waals surface area (Å²) >= 11 is 7.44. The minimum absolute atomic E-state index is 0.0643. The SMILES string of the molecule is CC(OC[C@@H]1c2ccccc2C[C@@H]1NC(=O)c1cc2cc(Cl)sc2[nH]1)C(=O)OC(C)(C)C. The van der Waals surface area contributed by atoms with Crippen LogP contribution in [0.2, 0.25) is 4.34 Å². The van der Waals surface area contributed by atoms with Crippen LogP contribution in [-0.2, 0) is 20.7 Å². The Balaban J connectivity index is 1.46. The van der Waals surface area contributed by atoms with Gasteiger partial charge in [-0.15, -0.1) is 11.3 Å². The molecule has 8 heteroatoms. The van der Waals surface area contributed by atoms with Gasteiger partial charge in [-0.3, -0.25) is 4.79 Å². The summed E-state index contributed by atoms with van der Waals surface area (Å²) in [6.45, 7) is 7.48. The topological polar surface area (TPSA) is 80.4 Å². The lowest BCUT2D eigenvalue weighted by Gasteiger charge is -2.25. The first-order valence-electron chi connectivity index (χ1n) is 10.6. The number of fused-ring (bicyclic) bond motifs is 2. The van der Waals surface area contributed by atoms with Crippen molar-refractivity contribution >= 4 is 45.0 Å². The Morgan fingerprint density at radius 3 is 2.75 bits per heavy atom. The molecule has 0 saturated heterocycles. The molecule has 2 heterocycles. The van der Waals surface area contributed by atoms with Crippen LogP contribution in [0.3, 0.4) is 0 Å². The second-order valence-electron chi connectivity index (χ2n) is 9.12. The van der Waals surface area contributed by atoms with Crippen molar-refractivity contribution in [2.24, 2.45) is 0 Å². The highest BCUT2D eigenvalue weighted by molar-refractivity contribution is 7.22. The summed E-state index contributed by atoms with van der Waals surface area (Å²) in [5, 5.41) is 4.08. The van der Waals surface area contributed by atoms with Crippen LogP contribution in [0, 0.1) is 0 Å². The summed E-state index contributed by atoms with van der Waals surface area (Å²) in [5.41, 5.74) is 2.24. The third-order valence-electron chi connectivity index (χ3n) is 5.48. The fraction of sp³-hybridized carbons (Fsp3) is 0.417. The number of halogens is 1. The quantitative estimate of drug-likeness (QED) is 0.489. The summed E-state index contributed by atoms with van der Waals surface area (Å²) < 4.78 is 12.0. The van der Waals surface area contributed by atoms with Crippen LogP contribution in [0.1, 0.15) is 55.2 Å². The van der Waals surface area contributed by atoms with E-state index in [4.69, 9.17) is 21.1 Å². The molecule has 1 aliphatic carbocycles. The maximum atomic E-state index is 13.0. The number of amides is 1. The second kappa shape index (κ2) is 8.89. The van der Waals surface area contributed by atoms with Gasteiger partial charge in [-0.2, -0.15) is 0 Å². The fourth-order valence-electron chi connectivity index (χ4n) is 4.00. The normalized spacial score (nSPS) is 19.0. The number of rotatable bonds is 6. The molecule has 32 heavy (non-hydrogen) atoms. The minimum Gasteiger partial charge on any atom is -0.458 e. The molecule has 6 nitrogen and oxygen atoms in total. The van der Waals surface area contributed by atoms with Gasteiger partial charge in [-0.05, 0) is 57.4 Å². The van der Waals surface area contributed by atoms with E-state index in [1.807, 2.05) is 45.0 Å². The van der Waals surface area contributed by atoms with Crippen molar-refractivity contribution in [1.29, 1.82) is 0 Å². The van der Waals surface area contributed by atoms with E-state index in [1.165, 1.54) is 16.9 Å². The van der Waals surface area contributed by atoms with Crippen LogP contribution in [-0.4, -0.2) is 41.2 Å². The van der Waals surface area contributed by atoms with Crippen molar-refractivity contribution in [3.63, 3.8) is 0 Å². The zero-order valence-electron chi connectivity index (χ0n) is 18.5. The first-order chi connectivity index (χ1) is 15.1. The number of H-pyrrole nitrogens is 1. The van der Waals surface area contributed by atoms with Gasteiger partial charge in [0, 0.05) is 17.3 Å². The molecule has 4 rings (SSSR count). The molecule has 3 atom stereocenters. The monoisotopic (exact) mass is 474 g/mol. The zero-order chi connectivity index (χ0) is 23.0. The van der Waals surface area contributed by atoms with E-state index < -0.39 is 17.7 Å². The maximum Gasteiger partial charge on any atom is 0.335 e. The first kappa shape index (κ1) is 22.8. The lowest BCUT2D eigenvalue weighted by molar-refractivity contribution is -0.167. The van der Waals surface area contributed by atoms with Gasteiger partial charge in [-0.25, -0.2) is 4.79 Å². The molecule has 1 unspecified atom stereocenters. The molecule has 2 N–H and O–H groups in total. The van der Waals surface area contributed by atoms with Crippen molar-refractivity contribution < 1.29 is 19.1 Å². The average Bonchev–Trinajstić information content (AvgIpc) is 3.35. The van der Waals surface area contributed by atoms with Crippen LogP contribution in [0.5, 0.6) is 0 Å². The molecule has 0 radical (unpaired) electrons. The van der Waals surface area contributed by atoms with Crippen LogP contribution in [0.15, 0.2) is 36.4 Å². The number of hydrogen-bond acceptors (Lipinski definition) is 5. The Morgan fingerprint density at radius 2 is 2.03 bits per heavy atom. The smallest absolute Gasteiger partial charge is 0.335 e. The third kappa shape index (κ3) is 5.00. The van der Waals surface area contributed by atoms with Gasteiger partial charge in [0.25, 0.3) is 5.91 Å². The molecule has 1 aliphatic rings. The van der Waals surface area contributed by atoms with Crippen molar-refractivity contribution in [2.45, 2.75) is 57.8 Å². The van der Waals surface area contributed by atoms with Crippen LogP contribution >= 0.6 is 22.9 Å². The predicted octanol–water partition coefficient (Wildman–Crippen LogP) is 5.07. The molecule has 1 amide bonds. The highest BCUT2D eigenvalue weighted by Gasteiger charge is 2.35. The van der Waals surface area contributed by atoms with Gasteiger partial charge in [0.15, 0.2) is 6.10 Å². The molecular formula is C24H27ClN2O4S. The molecule has 1 aromatic carbocycles. The lowest BCUT2D eigenvalue weighted by atomic mass is 9.99. The van der Waals surface area contributed by atoms with E-state index in [0.717, 1.165) is 15.8 Å². The highest BCUT2D eigenvalue weighted by Crippen LogP contribution is 2.34. The van der Waals surface area contributed by atoms with Gasteiger partial charge in [0.2, 0.25) is 0 Å². The van der Waals surface area contributed by atoms with Crippen molar-refractivity contribution in [3.05, 3.63) is 57.6 Å². The predicted molar refractivity (Wildman–Crippen MR) is 127 cm³/mol. The number of nitrogens with one attached hydrogen (secondary N) is 2. The summed E-state index contributed by atoms with van der Waals surface area (Å²) in [7, 11) is 0. The molecule has 170 valence electrons. The summed E-state index contributed by atoms with van der Waals surface area (Å²) in [5.74, 6) is -0.632. The number of aromatic nitrogens is 1. The molecule has 2 aromatic heterocycles. The number of carbonyl (C=O) groups is 2. The van der Waals surface area contributed by atoms with E-state index in [1.54, 1.807) is 6.92 Å². The van der Waals surface area contributed by atoms with Crippen molar-refractivity contribution in [3.8, 4) is 0 Å². The summed E-state index contributed by atoms with van der Waals surface area (Å²) in [6, 6.07) is 11.6. The number of benzene rings is 1. The summed E-state index contributed by atoms with van der Waals surface area (Å²) in [4.78, 5) is 29.3. The summed E-state index contributed by atoms with van der Waals surface area (Å²) in [6.07, 6.45) is 0.00998. The number of ether oxygens (including phenoxy) is 2. The first-order valence-corrected chi connectivity index (χ1v) is 11.8. The Bertz CT molecular complexity index is 1120. The second-order valence-corrected chi connectivity index (χ2v) is 10.8. The standard InChI is InChI=1S/C24H27ClN2O4S/c1-13(23(29)31-24(2,3)4)30-12-17-16-8-6-5-7-14(16)9-18(17)26-21(28)19-10-15-11-20(25)32-22(15)27-19/h5-8,10-11,13,17-18,27H,9,12H2,1-4H3,(H,26,28)/t13?,17-,18+/m1/s1. The van der Waals surface area contributed by atoms with Crippen molar-refractivity contribution in [1.82, 2.24) is 10.3 Å². The van der Waals surface area contributed by atoms with E-state index in [-0.39, 0.29) is 17.9 Å². The molecule has 3 aromatic rings.